The number of carbonyl (C=O) groups excluding carboxylic acids is 1. The molecule has 6 nitrogen and oxygen atoms in total. The molecule has 1 saturated carbocycles. The second-order valence-corrected chi connectivity index (χ2v) is 9.36. The standard InChI is InChI=1S/C21H30FN5OS/c1-14(26(3)4)19-24-25-21(27(19)18-12-10-16(22)11-13-18)29-15(2)20(28)23-17-8-6-5-7-9-17/h10-15,17H,5-9H2,1-4H3,(H,23,28)/p+1/t14-,15-/m1/s1. The van der Waals surface area contributed by atoms with E-state index in [0.29, 0.717) is 5.16 Å². The van der Waals surface area contributed by atoms with Crippen molar-refractivity contribution in [1.29, 1.82) is 0 Å². The first-order valence-corrected chi connectivity index (χ1v) is 11.2. The zero-order valence-electron chi connectivity index (χ0n) is 17.6. The number of thioether (sulfide) groups is 1. The van der Waals surface area contributed by atoms with Crippen LogP contribution >= 0.6 is 11.8 Å². The Morgan fingerprint density at radius 1 is 1.17 bits per heavy atom. The predicted molar refractivity (Wildman–Crippen MR) is 113 cm³/mol. The van der Waals surface area contributed by atoms with Crippen molar-refractivity contribution in [3.05, 3.63) is 35.9 Å². The lowest BCUT2D eigenvalue weighted by atomic mass is 9.95. The van der Waals surface area contributed by atoms with Gasteiger partial charge in [-0.1, -0.05) is 31.0 Å². The van der Waals surface area contributed by atoms with Gasteiger partial charge in [-0.3, -0.25) is 9.36 Å². The third kappa shape index (κ3) is 5.36. The smallest absolute Gasteiger partial charge is 0.233 e. The first-order valence-electron chi connectivity index (χ1n) is 10.3. The third-order valence-corrected chi connectivity index (χ3v) is 6.64. The Labute approximate surface area is 176 Å². The maximum Gasteiger partial charge on any atom is 0.233 e. The van der Waals surface area contributed by atoms with Crippen LogP contribution in [-0.4, -0.2) is 46.1 Å². The van der Waals surface area contributed by atoms with Gasteiger partial charge < -0.3 is 10.2 Å². The summed E-state index contributed by atoms with van der Waals surface area (Å²) in [4.78, 5) is 13.9. The summed E-state index contributed by atoms with van der Waals surface area (Å²) < 4.78 is 15.4. The summed E-state index contributed by atoms with van der Waals surface area (Å²) in [6.07, 6.45) is 5.73. The molecule has 2 N–H and O–H groups in total. The Balaban J connectivity index is 1.82. The molecule has 1 heterocycles. The van der Waals surface area contributed by atoms with E-state index >= 15 is 0 Å². The number of hydrogen-bond acceptors (Lipinski definition) is 4. The van der Waals surface area contributed by atoms with Gasteiger partial charge in [-0.25, -0.2) is 4.39 Å². The number of benzene rings is 1. The molecule has 1 aliphatic carbocycles. The normalized spacial score (nSPS) is 17.3. The fraction of sp³-hybridized carbons (Fsp3) is 0.571. The van der Waals surface area contributed by atoms with Crippen LogP contribution in [0.15, 0.2) is 29.4 Å². The van der Waals surface area contributed by atoms with Crippen molar-refractivity contribution in [3.63, 3.8) is 0 Å². The van der Waals surface area contributed by atoms with Gasteiger partial charge in [0.25, 0.3) is 0 Å². The first kappa shape index (κ1) is 21.8. The average molecular weight is 421 g/mol. The lowest BCUT2D eigenvalue weighted by Crippen LogP contribution is -3.05. The summed E-state index contributed by atoms with van der Waals surface area (Å²) in [5.74, 6) is 0.534. The molecular weight excluding hydrogens is 389 g/mol. The van der Waals surface area contributed by atoms with Gasteiger partial charge in [-0.05, 0) is 51.0 Å². The molecule has 3 rings (SSSR count). The largest absolute Gasteiger partial charge is 0.352 e. The molecule has 0 aliphatic heterocycles. The molecule has 0 unspecified atom stereocenters. The van der Waals surface area contributed by atoms with Gasteiger partial charge in [0, 0.05) is 11.7 Å². The van der Waals surface area contributed by atoms with Crippen LogP contribution in [0.2, 0.25) is 0 Å². The van der Waals surface area contributed by atoms with E-state index in [1.165, 1.54) is 48.1 Å². The highest BCUT2D eigenvalue weighted by Crippen LogP contribution is 2.28. The van der Waals surface area contributed by atoms with Crippen LogP contribution in [0.4, 0.5) is 4.39 Å². The molecular formula is C21H31FN5OS+. The van der Waals surface area contributed by atoms with Gasteiger partial charge in [0.2, 0.25) is 5.91 Å². The van der Waals surface area contributed by atoms with Crippen LogP contribution in [0.25, 0.3) is 5.69 Å². The molecule has 29 heavy (non-hydrogen) atoms. The third-order valence-electron chi connectivity index (χ3n) is 5.60. The predicted octanol–water partition coefficient (Wildman–Crippen LogP) is 2.54. The fourth-order valence-corrected chi connectivity index (χ4v) is 4.39. The highest BCUT2D eigenvalue weighted by atomic mass is 32.2. The minimum absolute atomic E-state index is 0.0309. The average Bonchev–Trinajstić information content (AvgIpc) is 3.12. The molecule has 8 heteroatoms. The van der Waals surface area contributed by atoms with E-state index in [1.807, 2.05) is 11.5 Å². The van der Waals surface area contributed by atoms with Crippen LogP contribution in [0, 0.1) is 5.82 Å². The number of amides is 1. The van der Waals surface area contributed by atoms with Gasteiger partial charge >= 0.3 is 0 Å². The molecule has 0 spiro atoms. The Bertz CT molecular complexity index is 817. The maximum atomic E-state index is 13.5. The second kappa shape index (κ2) is 9.71. The number of rotatable bonds is 7. The Hall–Kier alpha value is -1.93. The Morgan fingerprint density at radius 2 is 1.83 bits per heavy atom. The van der Waals surface area contributed by atoms with Crippen molar-refractivity contribution >= 4 is 17.7 Å². The highest BCUT2D eigenvalue weighted by molar-refractivity contribution is 8.00. The van der Waals surface area contributed by atoms with Crippen molar-refractivity contribution < 1.29 is 14.1 Å². The summed E-state index contributed by atoms with van der Waals surface area (Å²) in [6, 6.07) is 6.67. The first-order chi connectivity index (χ1) is 13.9. The van der Waals surface area contributed by atoms with Crippen molar-refractivity contribution in [2.24, 2.45) is 0 Å². The minimum atomic E-state index is -0.296. The number of aromatic nitrogens is 3. The number of halogens is 1. The highest BCUT2D eigenvalue weighted by Gasteiger charge is 2.27. The van der Waals surface area contributed by atoms with E-state index in [4.69, 9.17) is 0 Å². The lowest BCUT2D eigenvalue weighted by Gasteiger charge is -2.24. The lowest BCUT2D eigenvalue weighted by molar-refractivity contribution is -0.890. The monoisotopic (exact) mass is 420 g/mol. The number of hydrogen-bond donors (Lipinski definition) is 2. The molecule has 1 amide bonds. The van der Waals surface area contributed by atoms with Crippen LogP contribution in [0.5, 0.6) is 0 Å². The van der Waals surface area contributed by atoms with Gasteiger partial charge in [0.05, 0.1) is 19.3 Å². The molecule has 1 aliphatic rings. The van der Waals surface area contributed by atoms with E-state index in [2.05, 4.69) is 36.5 Å². The number of nitrogens with zero attached hydrogens (tertiary/aromatic N) is 3. The summed E-state index contributed by atoms with van der Waals surface area (Å²) >= 11 is 1.39. The van der Waals surface area contributed by atoms with Crippen LogP contribution in [-0.2, 0) is 4.79 Å². The molecule has 1 aromatic carbocycles. The fourth-order valence-electron chi connectivity index (χ4n) is 3.51. The summed E-state index contributed by atoms with van der Waals surface area (Å²) in [6.45, 7) is 3.97. The molecule has 1 fully saturated rings. The number of quaternary nitrogens is 1. The Morgan fingerprint density at radius 3 is 2.45 bits per heavy atom. The molecule has 0 radical (unpaired) electrons. The van der Waals surface area contributed by atoms with E-state index in [0.717, 1.165) is 24.4 Å². The topological polar surface area (TPSA) is 64.2 Å². The summed E-state index contributed by atoms with van der Waals surface area (Å²) in [7, 11) is 4.11. The maximum absolute atomic E-state index is 13.5. The van der Waals surface area contributed by atoms with Gasteiger partial charge in [0.1, 0.15) is 11.9 Å². The van der Waals surface area contributed by atoms with Crippen LogP contribution < -0.4 is 10.2 Å². The van der Waals surface area contributed by atoms with Gasteiger partial charge in [0.15, 0.2) is 11.0 Å². The number of carbonyl (C=O) groups is 1. The molecule has 2 atom stereocenters. The van der Waals surface area contributed by atoms with Gasteiger partial charge in [-0.2, -0.15) is 0 Å². The van der Waals surface area contributed by atoms with Crippen LogP contribution in [0.1, 0.15) is 57.8 Å². The molecule has 1 aromatic heterocycles. The summed E-state index contributed by atoms with van der Waals surface area (Å²) in [5.41, 5.74) is 0.793. The number of nitrogens with one attached hydrogen (secondary N) is 2. The van der Waals surface area contributed by atoms with Crippen LogP contribution in [0.3, 0.4) is 0 Å². The molecule has 2 aromatic rings. The van der Waals surface area contributed by atoms with Gasteiger partial charge in [-0.15, -0.1) is 10.2 Å². The van der Waals surface area contributed by atoms with Crippen molar-refractivity contribution in [2.75, 3.05) is 14.1 Å². The van der Waals surface area contributed by atoms with Crippen molar-refractivity contribution in [3.8, 4) is 5.69 Å². The molecule has 0 saturated heterocycles. The van der Waals surface area contributed by atoms with E-state index < -0.39 is 0 Å². The SMILES string of the molecule is C[C@H](c1nnc(S[C@H](C)C(=O)NC2CCCCC2)n1-c1ccc(F)cc1)[NH+](C)C. The van der Waals surface area contributed by atoms with Crippen molar-refractivity contribution in [1.82, 2.24) is 20.1 Å². The minimum Gasteiger partial charge on any atom is -0.352 e. The zero-order valence-corrected chi connectivity index (χ0v) is 18.4. The second-order valence-electron chi connectivity index (χ2n) is 8.06. The van der Waals surface area contributed by atoms with E-state index in [9.17, 15) is 9.18 Å². The molecule has 158 valence electrons. The Kier molecular flexibility index (Phi) is 7.29. The zero-order chi connectivity index (χ0) is 21.0. The van der Waals surface area contributed by atoms with E-state index in [1.54, 1.807) is 12.1 Å². The quantitative estimate of drug-likeness (QED) is 0.676. The van der Waals surface area contributed by atoms with E-state index in [-0.39, 0.29) is 29.1 Å². The summed E-state index contributed by atoms with van der Waals surface area (Å²) in [5, 5.41) is 12.3. The van der Waals surface area contributed by atoms with Crippen molar-refractivity contribution in [2.45, 2.75) is 68.4 Å². The molecule has 0 bridgehead atoms.